The molecule has 0 saturated heterocycles. The largest absolute Gasteiger partial charge is 0.486 e. The van der Waals surface area contributed by atoms with Gasteiger partial charge in [-0.2, -0.15) is 5.26 Å². The van der Waals surface area contributed by atoms with E-state index in [1.807, 2.05) is 12.1 Å². The average molecular weight is 537 g/mol. The molecule has 3 aromatic rings. The first-order chi connectivity index (χ1) is 14.9. The minimum absolute atomic E-state index is 0.0616. The standard InChI is InChI=1S/C23H14BrCl3N2O2/c24-19-9-14(8-16(12-28)23(30)29-18-4-2-1-3-5-18)10-21(27)22(19)31-13-15-6-7-17(25)11-20(15)26/h1-11H,13H2,(H,29,30)/b16-8-. The van der Waals surface area contributed by atoms with Crippen LogP contribution in [-0.4, -0.2) is 5.91 Å². The molecule has 0 aliphatic heterocycles. The van der Waals surface area contributed by atoms with Gasteiger partial charge in [-0.3, -0.25) is 4.79 Å². The van der Waals surface area contributed by atoms with Crippen molar-refractivity contribution in [2.45, 2.75) is 6.61 Å². The molecule has 0 aromatic heterocycles. The Morgan fingerprint density at radius 3 is 2.45 bits per heavy atom. The number of nitriles is 1. The molecule has 0 unspecified atom stereocenters. The first-order valence-electron chi connectivity index (χ1n) is 8.91. The molecule has 1 amide bonds. The van der Waals surface area contributed by atoms with Gasteiger partial charge >= 0.3 is 0 Å². The average Bonchev–Trinajstić information content (AvgIpc) is 2.73. The van der Waals surface area contributed by atoms with Gasteiger partial charge in [-0.05, 0) is 64.0 Å². The van der Waals surface area contributed by atoms with E-state index < -0.39 is 5.91 Å². The number of anilines is 1. The second-order valence-electron chi connectivity index (χ2n) is 6.33. The molecule has 0 atom stereocenters. The first-order valence-corrected chi connectivity index (χ1v) is 10.8. The quantitative estimate of drug-likeness (QED) is 0.262. The number of rotatable bonds is 6. The van der Waals surface area contributed by atoms with Crippen molar-refractivity contribution in [1.82, 2.24) is 0 Å². The summed E-state index contributed by atoms with van der Waals surface area (Å²) in [7, 11) is 0. The maximum Gasteiger partial charge on any atom is 0.266 e. The molecule has 0 radical (unpaired) electrons. The lowest BCUT2D eigenvalue weighted by atomic mass is 10.1. The number of halogens is 4. The third-order valence-electron chi connectivity index (χ3n) is 4.12. The molecule has 0 saturated carbocycles. The van der Waals surface area contributed by atoms with E-state index in [0.29, 0.717) is 36.5 Å². The van der Waals surface area contributed by atoms with Gasteiger partial charge in [-0.15, -0.1) is 0 Å². The van der Waals surface area contributed by atoms with E-state index in [2.05, 4.69) is 21.2 Å². The highest BCUT2D eigenvalue weighted by molar-refractivity contribution is 9.10. The molecule has 1 N–H and O–H groups in total. The van der Waals surface area contributed by atoms with E-state index in [0.717, 1.165) is 5.56 Å². The second-order valence-corrected chi connectivity index (χ2v) is 8.43. The number of hydrogen-bond donors (Lipinski definition) is 1. The normalized spacial score (nSPS) is 11.0. The third-order valence-corrected chi connectivity index (χ3v) is 5.57. The van der Waals surface area contributed by atoms with Crippen LogP contribution in [0.3, 0.4) is 0 Å². The molecule has 3 rings (SSSR count). The van der Waals surface area contributed by atoms with Gasteiger partial charge in [-0.25, -0.2) is 0 Å². The highest BCUT2D eigenvalue weighted by Gasteiger charge is 2.13. The fraction of sp³-hybridized carbons (Fsp3) is 0.0435. The summed E-state index contributed by atoms with van der Waals surface area (Å²) in [5.74, 6) is -0.101. The topological polar surface area (TPSA) is 62.1 Å². The molecular formula is C23H14BrCl3N2O2. The highest BCUT2D eigenvalue weighted by Crippen LogP contribution is 2.36. The van der Waals surface area contributed by atoms with Gasteiger partial charge in [0.25, 0.3) is 5.91 Å². The van der Waals surface area contributed by atoms with Crippen LogP contribution in [0.25, 0.3) is 6.08 Å². The van der Waals surface area contributed by atoms with Crippen LogP contribution in [0.2, 0.25) is 15.1 Å². The number of carbonyl (C=O) groups is 1. The maximum atomic E-state index is 12.4. The van der Waals surface area contributed by atoms with E-state index in [9.17, 15) is 10.1 Å². The van der Waals surface area contributed by atoms with Crippen LogP contribution in [0.4, 0.5) is 5.69 Å². The Morgan fingerprint density at radius 1 is 1.06 bits per heavy atom. The summed E-state index contributed by atoms with van der Waals surface area (Å²) in [6.45, 7) is 0.187. The Kier molecular flexibility index (Phi) is 8.00. The molecule has 0 aliphatic carbocycles. The number of nitrogens with one attached hydrogen (secondary N) is 1. The van der Waals surface area contributed by atoms with Gasteiger partial charge in [0.05, 0.1) is 9.50 Å². The highest BCUT2D eigenvalue weighted by atomic mass is 79.9. The predicted octanol–water partition coefficient (Wildman–Crippen LogP) is 7.53. The van der Waals surface area contributed by atoms with Crippen molar-refractivity contribution < 1.29 is 9.53 Å². The third kappa shape index (κ3) is 6.25. The number of ether oxygens (including phenoxy) is 1. The Labute approximate surface area is 203 Å². The van der Waals surface area contributed by atoms with Crippen molar-refractivity contribution in [2.24, 2.45) is 0 Å². The van der Waals surface area contributed by atoms with Crippen molar-refractivity contribution in [2.75, 3.05) is 5.32 Å². The molecule has 0 fully saturated rings. The lowest BCUT2D eigenvalue weighted by Crippen LogP contribution is -2.13. The molecule has 0 bridgehead atoms. The molecule has 8 heteroatoms. The van der Waals surface area contributed by atoms with Crippen molar-refractivity contribution >= 4 is 68.4 Å². The number of nitrogens with zero attached hydrogens (tertiary/aromatic N) is 1. The zero-order valence-electron chi connectivity index (χ0n) is 15.8. The summed E-state index contributed by atoms with van der Waals surface area (Å²) in [5, 5.41) is 13.4. The van der Waals surface area contributed by atoms with Gasteiger partial charge in [0.15, 0.2) is 5.75 Å². The minimum atomic E-state index is -0.515. The van der Waals surface area contributed by atoms with Gasteiger partial charge in [0.2, 0.25) is 0 Å². The summed E-state index contributed by atoms with van der Waals surface area (Å²) < 4.78 is 6.38. The lowest BCUT2D eigenvalue weighted by Gasteiger charge is -2.12. The van der Waals surface area contributed by atoms with Crippen molar-refractivity contribution in [3.8, 4) is 11.8 Å². The van der Waals surface area contributed by atoms with Crippen LogP contribution in [0, 0.1) is 11.3 Å². The fourth-order valence-electron chi connectivity index (χ4n) is 2.62. The van der Waals surface area contributed by atoms with Crippen LogP contribution in [-0.2, 0) is 11.4 Å². The molecule has 0 heterocycles. The zero-order chi connectivity index (χ0) is 22.4. The van der Waals surface area contributed by atoms with Crippen molar-refractivity contribution in [3.05, 3.63) is 96.9 Å². The van der Waals surface area contributed by atoms with E-state index in [-0.39, 0.29) is 12.2 Å². The Balaban J connectivity index is 1.78. The SMILES string of the molecule is N#C/C(=C/c1cc(Cl)c(OCc2ccc(Cl)cc2Cl)c(Br)c1)C(=O)Nc1ccccc1. The van der Waals surface area contributed by atoms with Gasteiger partial charge in [-0.1, -0.05) is 59.1 Å². The molecule has 0 spiro atoms. The van der Waals surface area contributed by atoms with Gasteiger partial charge in [0, 0.05) is 21.3 Å². The number of benzene rings is 3. The summed E-state index contributed by atoms with van der Waals surface area (Å²) in [4.78, 5) is 12.4. The summed E-state index contributed by atoms with van der Waals surface area (Å²) >= 11 is 21.9. The van der Waals surface area contributed by atoms with E-state index >= 15 is 0 Å². The van der Waals surface area contributed by atoms with Gasteiger partial charge in [0.1, 0.15) is 18.2 Å². The number of para-hydroxylation sites is 1. The Hall–Kier alpha value is -2.49. The second kappa shape index (κ2) is 10.7. The Morgan fingerprint density at radius 2 is 1.81 bits per heavy atom. The molecule has 3 aromatic carbocycles. The van der Waals surface area contributed by atoms with E-state index in [1.165, 1.54) is 6.08 Å². The Bertz CT molecular complexity index is 1170. The minimum Gasteiger partial charge on any atom is -0.486 e. The van der Waals surface area contributed by atoms with Crippen LogP contribution in [0.5, 0.6) is 5.75 Å². The number of carbonyl (C=O) groups excluding carboxylic acids is 1. The van der Waals surface area contributed by atoms with Crippen LogP contribution >= 0.6 is 50.7 Å². The smallest absolute Gasteiger partial charge is 0.266 e. The van der Waals surface area contributed by atoms with Crippen molar-refractivity contribution in [1.29, 1.82) is 5.26 Å². The monoisotopic (exact) mass is 534 g/mol. The molecule has 156 valence electrons. The molecule has 31 heavy (non-hydrogen) atoms. The van der Waals surface area contributed by atoms with E-state index in [4.69, 9.17) is 39.5 Å². The number of amides is 1. The summed E-state index contributed by atoms with van der Waals surface area (Å²) in [6, 6.07) is 19.2. The van der Waals surface area contributed by atoms with E-state index in [1.54, 1.807) is 54.6 Å². The van der Waals surface area contributed by atoms with Crippen LogP contribution < -0.4 is 10.1 Å². The molecule has 0 aliphatic rings. The first kappa shape index (κ1) is 23.2. The van der Waals surface area contributed by atoms with Crippen LogP contribution in [0.1, 0.15) is 11.1 Å². The van der Waals surface area contributed by atoms with Crippen LogP contribution in [0.15, 0.2) is 70.7 Å². The maximum absolute atomic E-state index is 12.4. The van der Waals surface area contributed by atoms with Crippen molar-refractivity contribution in [3.63, 3.8) is 0 Å². The summed E-state index contributed by atoms with van der Waals surface area (Å²) in [5.41, 5.74) is 1.85. The fourth-order valence-corrected chi connectivity index (χ4v) is 4.08. The summed E-state index contributed by atoms with van der Waals surface area (Å²) in [6.07, 6.45) is 1.45. The number of hydrogen-bond acceptors (Lipinski definition) is 3. The molecule has 4 nitrogen and oxygen atoms in total. The van der Waals surface area contributed by atoms with Gasteiger partial charge < -0.3 is 10.1 Å². The zero-order valence-corrected chi connectivity index (χ0v) is 19.7. The molecular weight excluding hydrogens is 523 g/mol. The lowest BCUT2D eigenvalue weighted by molar-refractivity contribution is -0.112. The predicted molar refractivity (Wildman–Crippen MR) is 129 cm³/mol.